The average molecular weight is 338 g/mol. The van der Waals surface area contributed by atoms with Crippen molar-refractivity contribution in [3.63, 3.8) is 0 Å². The van der Waals surface area contributed by atoms with Crippen LogP contribution in [0.25, 0.3) is 21.6 Å². The summed E-state index contributed by atoms with van der Waals surface area (Å²) in [6.45, 7) is -0.172. The van der Waals surface area contributed by atoms with E-state index < -0.39 is 5.76 Å². The van der Waals surface area contributed by atoms with Gasteiger partial charge in [-0.15, -0.1) is 11.3 Å². The van der Waals surface area contributed by atoms with E-state index in [1.54, 1.807) is 5.38 Å². The maximum Gasteiger partial charge on any atom is 0.442 e. The number of carbonyl (C=O) groups excluding carboxylic acids is 1. The summed E-state index contributed by atoms with van der Waals surface area (Å²) in [6, 6.07) is 7.64. The monoisotopic (exact) mass is 338 g/mol. The van der Waals surface area contributed by atoms with Crippen LogP contribution < -0.4 is 5.76 Å². The van der Waals surface area contributed by atoms with Crippen molar-refractivity contribution in [2.45, 2.75) is 6.54 Å². The Hall–Kier alpha value is -3.13. The third kappa shape index (κ3) is 2.42. The molecule has 0 spiro atoms. The molecule has 0 unspecified atom stereocenters. The SMILES string of the molecule is O=C(Cn1c(-c2cnccn2)noc1=O)c1csc2ccccc12. The van der Waals surface area contributed by atoms with Gasteiger partial charge in [-0.05, 0) is 6.07 Å². The predicted octanol–water partition coefficient (Wildman–Crippen LogP) is 2.39. The predicted molar refractivity (Wildman–Crippen MR) is 87.9 cm³/mol. The molecular formula is C16H10N4O3S. The first-order chi connectivity index (χ1) is 11.7. The number of Topliss-reactive ketones (excluding diaryl/α,β-unsaturated/α-hetero) is 1. The lowest BCUT2D eigenvalue weighted by atomic mass is 10.1. The second-order valence-electron chi connectivity index (χ2n) is 5.02. The minimum Gasteiger partial charge on any atom is -0.295 e. The number of benzene rings is 1. The smallest absolute Gasteiger partial charge is 0.295 e. The van der Waals surface area contributed by atoms with Crippen LogP contribution in [0.5, 0.6) is 0 Å². The van der Waals surface area contributed by atoms with Crippen molar-refractivity contribution in [2.75, 3.05) is 0 Å². The van der Waals surface area contributed by atoms with E-state index in [2.05, 4.69) is 15.1 Å². The first-order valence-electron chi connectivity index (χ1n) is 7.06. The normalized spacial score (nSPS) is 11.0. The molecule has 3 aromatic heterocycles. The zero-order valence-electron chi connectivity index (χ0n) is 12.2. The summed E-state index contributed by atoms with van der Waals surface area (Å²) in [7, 11) is 0. The van der Waals surface area contributed by atoms with Crippen molar-refractivity contribution in [3.05, 3.63) is 64.4 Å². The number of aromatic nitrogens is 4. The summed E-state index contributed by atoms with van der Waals surface area (Å²) < 4.78 is 6.88. The van der Waals surface area contributed by atoms with Crippen molar-refractivity contribution in [3.8, 4) is 11.5 Å². The average Bonchev–Trinajstić information content (AvgIpc) is 3.20. The molecule has 0 saturated carbocycles. The van der Waals surface area contributed by atoms with Gasteiger partial charge in [-0.25, -0.2) is 14.3 Å². The summed E-state index contributed by atoms with van der Waals surface area (Å²) in [4.78, 5) is 32.6. The summed E-state index contributed by atoms with van der Waals surface area (Å²) in [5.41, 5.74) is 0.945. The molecule has 0 fully saturated rings. The highest BCUT2D eigenvalue weighted by Crippen LogP contribution is 2.26. The number of carbonyl (C=O) groups is 1. The highest BCUT2D eigenvalue weighted by atomic mass is 32.1. The molecule has 4 rings (SSSR count). The van der Waals surface area contributed by atoms with Gasteiger partial charge in [-0.2, -0.15) is 0 Å². The fraction of sp³-hybridized carbons (Fsp3) is 0.0625. The Morgan fingerprint density at radius 1 is 1.25 bits per heavy atom. The molecule has 3 heterocycles. The molecule has 7 nitrogen and oxygen atoms in total. The van der Waals surface area contributed by atoms with Crippen molar-refractivity contribution < 1.29 is 9.32 Å². The van der Waals surface area contributed by atoms with Gasteiger partial charge in [0.25, 0.3) is 0 Å². The number of nitrogens with zero attached hydrogens (tertiary/aromatic N) is 4. The quantitative estimate of drug-likeness (QED) is 0.531. The highest BCUT2D eigenvalue weighted by molar-refractivity contribution is 7.17. The molecule has 0 aliphatic rings. The molecule has 0 aliphatic carbocycles. The van der Waals surface area contributed by atoms with Gasteiger partial charge in [0.05, 0.1) is 12.7 Å². The van der Waals surface area contributed by atoms with Crippen LogP contribution >= 0.6 is 11.3 Å². The number of rotatable bonds is 4. The molecular weight excluding hydrogens is 328 g/mol. The maximum absolute atomic E-state index is 12.7. The second kappa shape index (κ2) is 5.82. The van der Waals surface area contributed by atoms with Gasteiger partial charge in [0.1, 0.15) is 5.69 Å². The molecule has 4 aromatic rings. The Morgan fingerprint density at radius 3 is 2.96 bits per heavy atom. The van der Waals surface area contributed by atoms with Crippen LogP contribution in [-0.4, -0.2) is 25.5 Å². The Kier molecular flexibility index (Phi) is 3.51. The Labute approximate surface area is 139 Å². The summed E-state index contributed by atoms with van der Waals surface area (Å²) in [5, 5.41) is 6.38. The topological polar surface area (TPSA) is 90.9 Å². The van der Waals surface area contributed by atoms with Gasteiger partial charge in [0.15, 0.2) is 5.78 Å². The third-order valence-corrected chi connectivity index (χ3v) is 4.53. The number of thiophene rings is 1. The zero-order chi connectivity index (χ0) is 16.5. The number of fused-ring (bicyclic) bond motifs is 1. The second-order valence-corrected chi connectivity index (χ2v) is 5.93. The van der Waals surface area contributed by atoms with Gasteiger partial charge in [0.2, 0.25) is 5.82 Å². The third-order valence-electron chi connectivity index (χ3n) is 3.56. The van der Waals surface area contributed by atoms with Crippen LogP contribution in [0.3, 0.4) is 0 Å². The van der Waals surface area contributed by atoms with Crippen molar-refractivity contribution in [1.82, 2.24) is 19.7 Å². The number of ketones is 1. The lowest BCUT2D eigenvalue weighted by molar-refractivity contribution is 0.0971. The van der Waals surface area contributed by atoms with Crippen LogP contribution in [0.15, 0.2) is 57.6 Å². The van der Waals surface area contributed by atoms with Crippen LogP contribution in [0, 0.1) is 0 Å². The highest BCUT2D eigenvalue weighted by Gasteiger charge is 2.19. The van der Waals surface area contributed by atoms with E-state index in [-0.39, 0.29) is 18.2 Å². The van der Waals surface area contributed by atoms with Gasteiger partial charge < -0.3 is 0 Å². The van der Waals surface area contributed by atoms with Gasteiger partial charge >= 0.3 is 5.76 Å². The van der Waals surface area contributed by atoms with Crippen LogP contribution in [0.4, 0.5) is 0 Å². The van der Waals surface area contributed by atoms with Crippen molar-refractivity contribution >= 4 is 27.2 Å². The Balaban J connectivity index is 1.73. The Bertz CT molecular complexity index is 1080. The van der Waals surface area contributed by atoms with Crippen molar-refractivity contribution in [1.29, 1.82) is 0 Å². The first kappa shape index (κ1) is 14.5. The molecule has 118 valence electrons. The molecule has 0 radical (unpaired) electrons. The van der Waals surface area contributed by atoms with E-state index in [0.29, 0.717) is 11.3 Å². The molecule has 0 bridgehead atoms. The van der Waals surface area contributed by atoms with Gasteiger partial charge in [-0.1, -0.05) is 23.4 Å². The van der Waals surface area contributed by atoms with Gasteiger partial charge in [0, 0.05) is 33.4 Å². The lowest BCUT2D eigenvalue weighted by Gasteiger charge is -2.03. The fourth-order valence-corrected chi connectivity index (χ4v) is 3.39. The van der Waals surface area contributed by atoms with Crippen molar-refractivity contribution in [2.24, 2.45) is 0 Å². The Morgan fingerprint density at radius 2 is 2.12 bits per heavy atom. The largest absolute Gasteiger partial charge is 0.442 e. The van der Waals surface area contributed by atoms with Crippen LogP contribution in [-0.2, 0) is 6.54 Å². The molecule has 0 saturated heterocycles. The van der Waals surface area contributed by atoms with E-state index in [1.165, 1.54) is 34.5 Å². The molecule has 0 amide bonds. The summed E-state index contributed by atoms with van der Waals surface area (Å²) >= 11 is 1.49. The van der Waals surface area contributed by atoms with E-state index in [4.69, 9.17) is 4.52 Å². The molecule has 0 atom stereocenters. The van der Waals surface area contributed by atoms with Crippen LogP contribution in [0.2, 0.25) is 0 Å². The van der Waals surface area contributed by atoms with E-state index >= 15 is 0 Å². The molecule has 0 N–H and O–H groups in total. The maximum atomic E-state index is 12.7. The lowest BCUT2D eigenvalue weighted by Crippen LogP contribution is -2.21. The number of hydrogen-bond acceptors (Lipinski definition) is 7. The standard InChI is InChI=1S/C16H10N4O3S/c21-13(11-9-24-14-4-2-1-3-10(11)14)8-20-15(19-23-16(20)22)12-7-17-5-6-18-12/h1-7,9H,8H2. The minimum atomic E-state index is -0.705. The summed E-state index contributed by atoms with van der Waals surface area (Å²) in [6.07, 6.45) is 4.44. The number of hydrogen-bond donors (Lipinski definition) is 0. The molecule has 24 heavy (non-hydrogen) atoms. The first-order valence-corrected chi connectivity index (χ1v) is 7.94. The fourth-order valence-electron chi connectivity index (χ4n) is 2.43. The summed E-state index contributed by atoms with van der Waals surface area (Å²) in [5.74, 6) is -0.715. The molecule has 1 aromatic carbocycles. The van der Waals surface area contributed by atoms with E-state index in [9.17, 15) is 9.59 Å². The molecule has 8 heteroatoms. The van der Waals surface area contributed by atoms with E-state index in [1.807, 2.05) is 24.3 Å². The van der Waals surface area contributed by atoms with Gasteiger partial charge in [-0.3, -0.25) is 14.3 Å². The minimum absolute atomic E-state index is 0.172. The molecule has 0 aliphatic heterocycles. The van der Waals surface area contributed by atoms with E-state index in [0.717, 1.165) is 10.1 Å². The van der Waals surface area contributed by atoms with Crippen LogP contribution in [0.1, 0.15) is 10.4 Å². The zero-order valence-corrected chi connectivity index (χ0v) is 13.1.